The van der Waals surface area contributed by atoms with Gasteiger partial charge < -0.3 is 10.6 Å². The number of hydrogen-bond donors (Lipinski definition) is 2. The van der Waals surface area contributed by atoms with Crippen LogP contribution in [0.25, 0.3) is 0 Å². The van der Waals surface area contributed by atoms with Crippen LogP contribution < -0.4 is 10.6 Å². The largest absolute Gasteiger partial charge is 0.326 e. The standard InChI is InChI=1S/C13H10BrN3O2S/c14-13-15-6-10(20-13)12(19)16-8-2-3-9-7(5-8)1-4-11(18)17-9/h2-3,5-6H,1,4H2,(H,16,19)(H,17,18). The zero-order chi connectivity index (χ0) is 14.1. The number of aromatic nitrogens is 1. The van der Waals surface area contributed by atoms with E-state index in [-0.39, 0.29) is 11.8 Å². The summed E-state index contributed by atoms with van der Waals surface area (Å²) in [5.41, 5.74) is 2.57. The molecule has 0 atom stereocenters. The first kappa shape index (κ1) is 13.3. The van der Waals surface area contributed by atoms with Crippen molar-refractivity contribution in [2.24, 2.45) is 0 Å². The molecule has 0 aliphatic carbocycles. The quantitative estimate of drug-likeness (QED) is 0.873. The molecule has 0 saturated heterocycles. The number of fused-ring (bicyclic) bond motifs is 1. The number of thiazole rings is 1. The number of benzene rings is 1. The van der Waals surface area contributed by atoms with Gasteiger partial charge in [0.25, 0.3) is 5.91 Å². The molecule has 0 radical (unpaired) electrons. The summed E-state index contributed by atoms with van der Waals surface area (Å²) in [7, 11) is 0. The number of nitrogens with zero attached hydrogens (tertiary/aromatic N) is 1. The minimum atomic E-state index is -0.187. The van der Waals surface area contributed by atoms with Gasteiger partial charge in [0.2, 0.25) is 5.91 Å². The fourth-order valence-electron chi connectivity index (χ4n) is 2.01. The van der Waals surface area contributed by atoms with Gasteiger partial charge in [-0.2, -0.15) is 0 Å². The van der Waals surface area contributed by atoms with Gasteiger partial charge in [0.1, 0.15) is 4.88 Å². The van der Waals surface area contributed by atoms with E-state index in [1.807, 2.05) is 12.1 Å². The lowest BCUT2D eigenvalue weighted by atomic mass is 10.0. The summed E-state index contributed by atoms with van der Waals surface area (Å²) in [5.74, 6) is -0.156. The first-order valence-corrected chi connectivity index (χ1v) is 7.58. The van der Waals surface area contributed by atoms with Gasteiger partial charge >= 0.3 is 0 Å². The summed E-state index contributed by atoms with van der Waals surface area (Å²) in [5, 5.41) is 5.64. The number of hydrogen-bond acceptors (Lipinski definition) is 4. The average Bonchev–Trinajstić information content (AvgIpc) is 2.86. The second kappa shape index (κ2) is 5.34. The molecule has 1 aliphatic rings. The van der Waals surface area contributed by atoms with Crippen molar-refractivity contribution in [3.63, 3.8) is 0 Å². The van der Waals surface area contributed by atoms with E-state index in [4.69, 9.17) is 0 Å². The van der Waals surface area contributed by atoms with Crippen molar-refractivity contribution in [1.82, 2.24) is 4.98 Å². The topological polar surface area (TPSA) is 71.1 Å². The lowest BCUT2D eigenvalue weighted by Crippen LogP contribution is -2.19. The van der Waals surface area contributed by atoms with Crippen molar-refractivity contribution in [3.8, 4) is 0 Å². The molecule has 0 fully saturated rings. The van der Waals surface area contributed by atoms with Crippen LogP contribution in [0.4, 0.5) is 11.4 Å². The molecule has 0 bridgehead atoms. The van der Waals surface area contributed by atoms with Gasteiger partial charge in [0.05, 0.1) is 6.20 Å². The van der Waals surface area contributed by atoms with Crippen molar-refractivity contribution >= 4 is 50.5 Å². The summed E-state index contributed by atoms with van der Waals surface area (Å²) < 4.78 is 0.677. The van der Waals surface area contributed by atoms with Crippen LogP contribution in [0.15, 0.2) is 28.3 Å². The third kappa shape index (κ3) is 2.73. The number of amides is 2. The molecule has 0 spiro atoms. The fourth-order valence-corrected chi connectivity index (χ4v) is 3.17. The highest BCUT2D eigenvalue weighted by atomic mass is 79.9. The van der Waals surface area contributed by atoms with Crippen LogP contribution >= 0.6 is 27.3 Å². The van der Waals surface area contributed by atoms with Gasteiger partial charge in [0, 0.05) is 17.8 Å². The highest BCUT2D eigenvalue weighted by Crippen LogP contribution is 2.26. The molecule has 20 heavy (non-hydrogen) atoms. The Morgan fingerprint density at radius 1 is 1.40 bits per heavy atom. The molecule has 2 amide bonds. The van der Waals surface area contributed by atoms with Gasteiger partial charge in [-0.15, -0.1) is 11.3 Å². The number of halogens is 1. The highest BCUT2D eigenvalue weighted by Gasteiger charge is 2.16. The molecule has 1 aromatic carbocycles. The van der Waals surface area contributed by atoms with Crippen molar-refractivity contribution in [1.29, 1.82) is 0 Å². The van der Waals surface area contributed by atoms with Gasteiger partial charge in [0.15, 0.2) is 3.92 Å². The first-order chi connectivity index (χ1) is 9.61. The SMILES string of the molecule is O=C1CCc2cc(NC(=O)c3cnc(Br)s3)ccc2N1. The third-order valence-electron chi connectivity index (χ3n) is 2.96. The van der Waals surface area contributed by atoms with E-state index in [0.29, 0.717) is 21.6 Å². The third-order valence-corrected chi connectivity index (χ3v) is 4.43. The molecular weight excluding hydrogens is 342 g/mol. The van der Waals surface area contributed by atoms with Crippen molar-refractivity contribution in [2.75, 3.05) is 10.6 Å². The average molecular weight is 352 g/mol. The Labute approximate surface area is 127 Å². The van der Waals surface area contributed by atoms with Gasteiger partial charge in [-0.1, -0.05) is 0 Å². The van der Waals surface area contributed by atoms with Gasteiger partial charge in [-0.05, 0) is 46.1 Å². The van der Waals surface area contributed by atoms with E-state index in [9.17, 15) is 9.59 Å². The summed E-state index contributed by atoms with van der Waals surface area (Å²) in [6, 6.07) is 5.48. The van der Waals surface area contributed by atoms with Gasteiger partial charge in [-0.3, -0.25) is 9.59 Å². The zero-order valence-corrected chi connectivity index (χ0v) is 12.7. The maximum absolute atomic E-state index is 12.0. The molecule has 102 valence electrons. The minimum absolute atomic E-state index is 0.0313. The maximum atomic E-state index is 12.0. The molecule has 7 heteroatoms. The van der Waals surface area contributed by atoms with Crippen molar-refractivity contribution < 1.29 is 9.59 Å². The molecule has 2 aromatic rings. The van der Waals surface area contributed by atoms with Crippen LogP contribution in [0, 0.1) is 0 Å². The molecule has 5 nitrogen and oxygen atoms in total. The Bertz CT molecular complexity index is 699. The summed E-state index contributed by atoms with van der Waals surface area (Å²) in [6.45, 7) is 0. The van der Waals surface area contributed by atoms with Crippen LogP contribution in [0.2, 0.25) is 0 Å². The van der Waals surface area contributed by atoms with Crippen LogP contribution in [-0.2, 0) is 11.2 Å². The molecule has 2 heterocycles. The smallest absolute Gasteiger partial charge is 0.267 e. The van der Waals surface area contributed by atoms with E-state index < -0.39 is 0 Å². The predicted octanol–water partition coefficient (Wildman–Crippen LogP) is 3.04. The highest BCUT2D eigenvalue weighted by molar-refractivity contribution is 9.11. The Morgan fingerprint density at radius 3 is 3.00 bits per heavy atom. The van der Waals surface area contributed by atoms with Crippen LogP contribution in [0.1, 0.15) is 21.7 Å². The number of aryl methyl sites for hydroxylation is 1. The van der Waals surface area contributed by atoms with E-state index in [1.165, 1.54) is 17.5 Å². The second-order valence-corrected chi connectivity index (χ2v) is 6.66. The lowest BCUT2D eigenvalue weighted by molar-refractivity contribution is -0.116. The fraction of sp³-hybridized carbons (Fsp3) is 0.154. The first-order valence-electron chi connectivity index (χ1n) is 5.97. The number of nitrogens with one attached hydrogen (secondary N) is 2. The normalized spacial score (nSPS) is 13.6. The van der Waals surface area contributed by atoms with Gasteiger partial charge in [-0.25, -0.2) is 4.98 Å². The Kier molecular flexibility index (Phi) is 3.54. The monoisotopic (exact) mass is 351 g/mol. The molecule has 3 rings (SSSR count). The summed E-state index contributed by atoms with van der Waals surface area (Å²) in [6.07, 6.45) is 2.70. The van der Waals surface area contributed by atoms with E-state index in [2.05, 4.69) is 31.5 Å². The Balaban J connectivity index is 1.78. The lowest BCUT2D eigenvalue weighted by Gasteiger charge is -2.17. The Hall–Kier alpha value is -1.73. The van der Waals surface area contributed by atoms with Crippen molar-refractivity contribution in [2.45, 2.75) is 12.8 Å². The number of carbonyl (C=O) groups is 2. The van der Waals surface area contributed by atoms with Crippen LogP contribution in [0.5, 0.6) is 0 Å². The van der Waals surface area contributed by atoms with Crippen LogP contribution in [-0.4, -0.2) is 16.8 Å². The molecular formula is C13H10BrN3O2S. The van der Waals surface area contributed by atoms with E-state index in [0.717, 1.165) is 16.9 Å². The van der Waals surface area contributed by atoms with E-state index in [1.54, 1.807) is 6.07 Å². The van der Waals surface area contributed by atoms with E-state index >= 15 is 0 Å². The molecule has 2 N–H and O–H groups in total. The molecule has 1 aliphatic heterocycles. The summed E-state index contributed by atoms with van der Waals surface area (Å²) >= 11 is 4.51. The minimum Gasteiger partial charge on any atom is -0.326 e. The summed E-state index contributed by atoms with van der Waals surface area (Å²) in [4.78, 5) is 27.8. The predicted molar refractivity (Wildman–Crippen MR) is 81.2 cm³/mol. The van der Waals surface area contributed by atoms with Crippen molar-refractivity contribution in [3.05, 3.63) is 38.8 Å². The number of rotatable bonds is 2. The molecule has 0 saturated carbocycles. The second-order valence-electron chi connectivity index (χ2n) is 4.35. The Morgan fingerprint density at radius 2 is 2.25 bits per heavy atom. The number of carbonyl (C=O) groups excluding carboxylic acids is 2. The van der Waals surface area contributed by atoms with Crippen LogP contribution in [0.3, 0.4) is 0 Å². The molecule has 1 aromatic heterocycles. The molecule has 0 unspecified atom stereocenters. The zero-order valence-electron chi connectivity index (χ0n) is 10.3. The maximum Gasteiger partial charge on any atom is 0.267 e. The number of anilines is 2.